The zero-order valence-corrected chi connectivity index (χ0v) is 15.5. The molecule has 0 spiro atoms. The predicted octanol–water partition coefficient (Wildman–Crippen LogP) is 4.10. The van der Waals surface area contributed by atoms with Gasteiger partial charge in [-0.15, -0.1) is 0 Å². The molecule has 4 N–H and O–H groups in total. The molecule has 2 aromatic heterocycles. The number of H-pyrrole nitrogens is 1. The van der Waals surface area contributed by atoms with Crippen LogP contribution in [0.4, 0.5) is 22.2 Å². The Morgan fingerprint density at radius 3 is 2.90 bits per heavy atom. The number of aromatic amines is 1. The van der Waals surface area contributed by atoms with Crippen LogP contribution in [0, 0.1) is 0 Å². The molecule has 2 heterocycles. The van der Waals surface area contributed by atoms with Gasteiger partial charge < -0.3 is 10.6 Å². The van der Waals surface area contributed by atoms with E-state index in [-0.39, 0.29) is 12.0 Å². The molecule has 1 atom stereocenters. The van der Waals surface area contributed by atoms with Crippen LogP contribution >= 0.6 is 0 Å². The first-order chi connectivity index (χ1) is 14.2. The van der Waals surface area contributed by atoms with Gasteiger partial charge in [0, 0.05) is 11.1 Å². The maximum Gasteiger partial charge on any atom is 0.326 e. The number of nitrogens with one attached hydrogen (secondary N) is 4. The van der Waals surface area contributed by atoms with Gasteiger partial charge in [0.25, 0.3) is 0 Å². The standard InChI is InChI=1S/C21H19N7O/c29-21(27-20-22-12-23-28-20)24-15-7-9-17-14(11-15)6-10-19(25-17)26-18-8-5-13-3-1-2-4-16(13)18/h1-4,6-7,9-12,18H,5,8H2,(H,25,26)(H3,22,23,24,27,28,29). The highest BCUT2D eigenvalue weighted by Gasteiger charge is 2.21. The number of aryl methyl sites for hydroxylation is 1. The number of benzene rings is 2. The second-order valence-electron chi connectivity index (χ2n) is 6.95. The van der Waals surface area contributed by atoms with Crippen LogP contribution in [-0.4, -0.2) is 26.2 Å². The topological polar surface area (TPSA) is 108 Å². The van der Waals surface area contributed by atoms with Crippen LogP contribution in [0.5, 0.6) is 0 Å². The molecule has 5 rings (SSSR count). The second kappa shape index (κ2) is 7.23. The monoisotopic (exact) mass is 385 g/mol. The highest BCUT2D eigenvalue weighted by Crippen LogP contribution is 2.33. The van der Waals surface area contributed by atoms with E-state index in [1.165, 1.54) is 17.5 Å². The molecule has 0 bridgehead atoms. The number of hydrogen-bond donors (Lipinski definition) is 4. The summed E-state index contributed by atoms with van der Waals surface area (Å²) in [6.45, 7) is 0. The van der Waals surface area contributed by atoms with Crippen LogP contribution in [0.25, 0.3) is 10.9 Å². The molecular weight excluding hydrogens is 366 g/mol. The first-order valence-corrected chi connectivity index (χ1v) is 9.43. The van der Waals surface area contributed by atoms with E-state index in [2.05, 4.69) is 55.4 Å². The number of amides is 2. The zero-order valence-electron chi connectivity index (χ0n) is 15.5. The van der Waals surface area contributed by atoms with Crippen molar-refractivity contribution in [2.75, 3.05) is 16.0 Å². The average Bonchev–Trinajstić information content (AvgIpc) is 3.38. The number of carbonyl (C=O) groups is 1. The molecule has 4 aromatic rings. The van der Waals surface area contributed by atoms with Crippen LogP contribution in [0.2, 0.25) is 0 Å². The first-order valence-electron chi connectivity index (χ1n) is 9.43. The fourth-order valence-electron chi connectivity index (χ4n) is 3.70. The van der Waals surface area contributed by atoms with Crippen molar-refractivity contribution in [1.29, 1.82) is 0 Å². The number of rotatable bonds is 4. The third kappa shape index (κ3) is 3.60. The molecule has 2 amide bonds. The summed E-state index contributed by atoms with van der Waals surface area (Å²) < 4.78 is 0. The van der Waals surface area contributed by atoms with Crippen molar-refractivity contribution in [3.8, 4) is 0 Å². The number of fused-ring (bicyclic) bond motifs is 2. The third-order valence-corrected chi connectivity index (χ3v) is 5.05. The van der Waals surface area contributed by atoms with E-state index in [1.54, 1.807) is 0 Å². The number of pyridine rings is 1. The smallest absolute Gasteiger partial charge is 0.326 e. The van der Waals surface area contributed by atoms with E-state index in [0.29, 0.717) is 5.69 Å². The fourth-order valence-corrected chi connectivity index (χ4v) is 3.70. The summed E-state index contributed by atoms with van der Waals surface area (Å²) in [5.41, 5.74) is 4.29. The largest absolute Gasteiger partial charge is 0.363 e. The Bertz CT molecular complexity index is 1170. The van der Waals surface area contributed by atoms with Gasteiger partial charge in [-0.05, 0) is 54.3 Å². The molecule has 8 heteroatoms. The first kappa shape index (κ1) is 17.2. The van der Waals surface area contributed by atoms with E-state index >= 15 is 0 Å². The highest BCUT2D eigenvalue weighted by molar-refractivity contribution is 6.00. The van der Waals surface area contributed by atoms with Gasteiger partial charge in [-0.1, -0.05) is 24.3 Å². The fraction of sp³-hybridized carbons (Fsp3) is 0.143. The minimum absolute atomic E-state index is 0.286. The maximum absolute atomic E-state index is 12.0. The number of carbonyl (C=O) groups excluding carboxylic acids is 1. The molecule has 2 aromatic carbocycles. The van der Waals surface area contributed by atoms with Crippen molar-refractivity contribution in [3.05, 3.63) is 72.1 Å². The van der Waals surface area contributed by atoms with Crippen molar-refractivity contribution in [3.63, 3.8) is 0 Å². The normalized spacial score (nSPS) is 15.1. The molecule has 8 nitrogen and oxygen atoms in total. The summed E-state index contributed by atoms with van der Waals surface area (Å²) in [5, 5.41) is 16.1. The number of nitrogens with zero attached hydrogens (tertiary/aromatic N) is 3. The molecule has 0 saturated heterocycles. The number of anilines is 3. The van der Waals surface area contributed by atoms with Crippen LogP contribution in [0.1, 0.15) is 23.6 Å². The van der Waals surface area contributed by atoms with E-state index in [1.807, 2.05) is 30.3 Å². The molecule has 0 radical (unpaired) electrons. The van der Waals surface area contributed by atoms with Gasteiger partial charge in [0.2, 0.25) is 5.95 Å². The molecule has 29 heavy (non-hydrogen) atoms. The zero-order chi connectivity index (χ0) is 19.6. The minimum Gasteiger partial charge on any atom is -0.363 e. The number of urea groups is 1. The summed E-state index contributed by atoms with van der Waals surface area (Å²) in [7, 11) is 0. The molecule has 1 unspecified atom stereocenters. The summed E-state index contributed by atoms with van der Waals surface area (Å²) in [5.74, 6) is 1.14. The summed E-state index contributed by atoms with van der Waals surface area (Å²) in [4.78, 5) is 20.6. The Morgan fingerprint density at radius 2 is 2.00 bits per heavy atom. The Balaban J connectivity index is 1.30. The van der Waals surface area contributed by atoms with Crippen LogP contribution in [-0.2, 0) is 6.42 Å². The van der Waals surface area contributed by atoms with Gasteiger partial charge >= 0.3 is 6.03 Å². The molecule has 0 aliphatic heterocycles. The van der Waals surface area contributed by atoms with Crippen molar-refractivity contribution >= 4 is 34.4 Å². The molecular formula is C21H19N7O. The van der Waals surface area contributed by atoms with Crippen molar-refractivity contribution in [2.45, 2.75) is 18.9 Å². The van der Waals surface area contributed by atoms with Gasteiger partial charge in [-0.3, -0.25) is 5.32 Å². The summed E-state index contributed by atoms with van der Waals surface area (Å²) in [6, 6.07) is 18.0. The van der Waals surface area contributed by atoms with E-state index in [0.717, 1.165) is 29.6 Å². The van der Waals surface area contributed by atoms with Gasteiger partial charge in [0.15, 0.2) is 0 Å². The lowest BCUT2D eigenvalue weighted by atomic mass is 10.1. The Hall–Kier alpha value is -3.94. The highest BCUT2D eigenvalue weighted by atomic mass is 16.2. The van der Waals surface area contributed by atoms with Crippen LogP contribution in [0.3, 0.4) is 0 Å². The van der Waals surface area contributed by atoms with E-state index < -0.39 is 6.03 Å². The Morgan fingerprint density at radius 1 is 1.07 bits per heavy atom. The van der Waals surface area contributed by atoms with Crippen LogP contribution < -0.4 is 16.0 Å². The quantitative estimate of drug-likeness (QED) is 0.423. The average molecular weight is 385 g/mol. The summed E-state index contributed by atoms with van der Waals surface area (Å²) >= 11 is 0. The molecule has 1 aliphatic carbocycles. The van der Waals surface area contributed by atoms with Gasteiger partial charge in [0.1, 0.15) is 12.1 Å². The lowest BCUT2D eigenvalue weighted by Crippen LogP contribution is -2.20. The summed E-state index contributed by atoms with van der Waals surface area (Å²) in [6.07, 6.45) is 3.49. The molecule has 0 fully saturated rings. The van der Waals surface area contributed by atoms with E-state index in [4.69, 9.17) is 4.98 Å². The van der Waals surface area contributed by atoms with Gasteiger partial charge in [0.05, 0.1) is 11.6 Å². The molecule has 0 saturated carbocycles. The van der Waals surface area contributed by atoms with Crippen molar-refractivity contribution in [1.82, 2.24) is 20.2 Å². The Kier molecular flexibility index (Phi) is 4.28. The lowest BCUT2D eigenvalue weighted by Gasteiger charge is -2.15. The van der Waals surface area contributed by atoms with Crippen molar-refractivity contribution < 1.29 is 4.79 Å². The second-order valence-corrected chi connectivity index (χ2v) is 6.95. The third-order valence-electron chi connectivity index (χ3n) is 5.05. The van der Waals surface area contributed by atoms with Gasteiger partial charge in [-0.25, -0.2) is 14.9 Å². The molecule has 144 valence electrons. The SMILES string of the molecule is O=C(Nc1ccc2nc(NC3CCc4ccccc43)ccc2c1)Nc1ncn[nH]1. The van der Waals surface area contributed by atoms with Crippen LogP contribution in [0.15, 0.2) is 60.9 Å². The van der Waals surface area contributed by atoms with E-state index in [9.17, 15) is 4.79 Å². The number of hydrogen-bond acceptors (Lipinski definition) is 5. The predicted molar refractivity (Wildman–Crippen MR) is 112 cm³/mol. The van der Waals surface area contributed by atoms with Crippen molar-refractivity contribution in [2.24, 2.45) is 0 Å². The minimum atomic E-state index is -0.396. The Labute approximate surface area is 166 Å². The molecule has 1 aliphatic rings. The lowest BCUT2D eigenvalue weighted by molar-refractivity contribution is 0.262. The van der Waals surface area contributed by atoms with Gasteiger partial charge in [-0.2, -0.15) is 10.1 Å². The number of aromatic nitrogens is 4. The maximum atomic E-state index is 12.0.